The van der Waals surface area contributed by atoms with E-state index in [2.05, 4.69) is 31.1 Å². The standard InChI is InChI=1S/C11H17BN2O2/c1-11(2,3)9-6-7-8(12(15)16)4-5-13-10(7)14-9/h4-5,9,15-16H,6H2,1-3H3,(H,13,14). The maximum atomic E-state index is 9.28. The van der Waals surface area contributed by atoms with Gasteiger partial charge in [0.2, 0.25) is 0 Å². The highest BCUT2D eigenvalue weighted by atomic mass is 16.4. The fraction of sp³-hybridized carbons (Fsp3) is 0.545. The molecule has 3 N–H and O–H groups in total. The maximum Gasteiger partial charge on any atom is 0.488 e. The van der Waals surface area contributed by atoms with E-state index in [4.69, 9.17) is 0 Å². The molecule has 0 saturated heterocycles. The number of nitrogens with one attached hydrogen (secondary N) is 1. The normalized spacial score (nSPS) is 19.2. The van der Waals surface area contributed by atoms with Crippen LogP contribution in [0.4, 0.5) is 5.82 Å². The van der Waals surface area contributed by atoms with Crippen molar-refractivity contribution < 1.29 is 10.0 Å². The van der Waals surface area contributed by atoms with Gasteiger partial charge in [-0.1, -0.05) is 20.8 Å². The topological polar surface area (TPSA) is 65.4 Å². The van der Waals surface area contributed by atoms with Crippen molar-refractivity contribution >= 4 is 18.4 Å². The van der Waals surface area contributed by atoms with E-state index in [1.165, 1.54) is 0 Å². The number of hydrogen-bond donors (Lipinski definition) is 3. The minimum Gasteiger partial charge on any atom is -0.423 e. The summed E-state index contributed by atoms with van der Waals surface area (Å²) in [4.78, 5) is 4.23. The Labute approximate surface area is 95.9 Å². The van der Waals surface area contributed by atoms with Crippen LogP contribution < -0.4 is 10.8 Å². The third-order valence-electron chi connectivity index (χ3n) is 3.13. The molecule has 0 spiro atoms. The molecule has 2 heterocycles. The second-order valence-corrected chi connectivity index (χ2v) is 5.37. The van der Waals surface area contributed by atoms with Crippen molar-refractivity contribution in [3.63, 3.8) is 0 Å². The summed E-state index contributed by atoms with van der Waals surface area (Å²) >= 11 is 0. The minimum absolute atomic E-state index is 0.123. The number of fused-ring (bicyclic) bond motifs is 1. The van der Waals surface area contributed by atoms with E-state index in [0.29, 0.717) is 5.46 Å². The molecule has 1 aromatic heterocycles. The van der Waals surface area contributed by atoms with Gasteiger partial charge in [0.05, 0.1) is 0 Å². The molecule has 0 aromatic carbocycles. The number of rotatable bonds is 1. The van der Waals surface area contributed by atoms with Crippen molar-refractivity contribution in [2.24, 2.45) is 5.41 Å². The van der Waals surface area contributed by atoms with E-state index in [0.717, 1.165) is 17.8 Å². The quantitative estimate of drug-likeness (QED) is 0.589. The first-order valence-corrected chi connectivity index (χ1v) is 5.50. The van der Waals surface area contributed by atoms with E-state index in [9.17, 15) is 10.0 Å². The van der Waals surface area contributed by atoms with Gasteiger partial charge in [0.25, 0.3) is 0 Å². The Morgan fingerprint density at radius 2 is 2.12 bits per heavy atom. The molecule has 0 radical (unpaired) electrons. The van der Waals surface area contributed by atoms with E-state index in [-0.39, 0.29) is 11.5 Å². The summed E-state index contributed by atoms with van der Waals surface area (Å²) in [5, 5.41) is 21.9. The highest BCUT2D eigenvalue weighted by Crippen LogP contribution is 2.32. The first-order valence-electron chi connectivity index (χ1n) is 5.50. The van der Waals surface area contributed by atoms with E-state index >= 15 is 0 Å². The van der Waals surface area contributed by atoms with Crippen molar-refractivity contribution in [3.05, 3.63) is 17.8 Å². The molecule has 0 aliphatic carbocycles. The lowest BCUT2D eigenvalue weighted by Crippen LogP contribution is -2.34. The average molecular weight is 220 g/mol. The van der Waals surface area contributed by atoms with Crippen molar-refractivity contribution in [2.75, 3.05) is 5.32 Å². The van der Waals surface area contributed by atoms with Crippen LogP contribution in [0.15, 0.2) is 12.3 Å². The van der Waals surface area contributed by atoms with Crippen molar-refractivity contribution in [3.8, 4) is 0 Å². The number of pyridine rings is 1. The van der Waals surface area contributed by atoms with Crippen LogP contribution in [0.2, 0.25) is 0 Å². The van der Waals surface area contributed by atoms with Crippen LogP contribution >= 0.6 is 0 Å². The van der Waals surface area contributed by atoms with Gasteiger partial charge in [-0.2, -0.15) is 0 Å². The molecule has 0 saturated carbocycles. The predicted molar refractivity (Wildman–Crippen MR) is 64.6 cm³/mol. The summed E-state index contributed by atoms with van der Waals surface area (Å²) in [5.74, 6) is 0.783. The van der Waals surface area contributed by atoms with E-state index in [1.54, 1.807) is 12.3 Å². The van der Waals surface area contributed by atoms with Crippen LogP contribution in [-0.2, 0) is 6.42 Å². The van der Waals surface area contributed by atoms with Gasteiger partial charge in [-0.25, -0.2) is 4.98 Å². The molecule has 1 atom stereocenters. The summed E-state index contributed by atoms with van der Waals surface area (Å²) in [6, 6.07) is 1.95. The lowest BCUT2D eigenvalue weighted by molar-refractivity contribution is 0.347. The zero-order valence-electron chi connectivity index (χ0n) is 9.86. The van der Waals surface area contributed by atoms with E-state index < -0.39 is 7.12 Å². The molecule has 1 aromatic rings. The van der Waals surface area contributed by atoms with Gasteiger partial charge in [-0.3, -0.25) is 0 Å². The molecular formula is C11H17BN2O2. The first kappa shape index (κ1) is 11.4. The fourth-order valence-corrected chi connectivity index (χ4v) is 2.03. The summed E-state index contributed by atoms with van der Waals surface area (Å²) in [7, 11) is -1.42. The molecule has 0 fully saturated rings. The highest BCUT2D eigenvalue weighted by molar-refractivity contribution is 6.59. The van der Waals surface area contributed by atoms with Gasteiger partial charge in [-0.15, -0.1) is 0 Å². The maximum absolute atomic E-state index is 9.28. The summed E-state index contributed by atoms with van der Waals surface area (Å²) < 4.78 is 0. The Morgan fingerprint density at radius 3 is 2.69 bits per heavy atom. The molecule has 2 rings (SSSR count). The van der Waals surface area contributed by atoms with Gasteiger partial charge in [-0.05, 0) is 28.9 Å². The Hall–Kier alpha value is -1.07. The first-order chi connectivity index (χ1) is 7.39. The van der Waals surface area contributed by atoms with Gasteiger partial charge >= 0.3 is 7.12 Å². The van der Waals surface area contributed by atoms with Gasteiger partial charge in [0.1, 0.15) is 5.82 Å². The van der Waals surface area contributed by atoms with Crippen LogP contribution in [-0.4, -0.2) is 28.2 Å². The Kier molecular flexibility index (Phi) is 2.68. The molecule has 16 heavy (non-hydrogen) atoms. The third kappa shape index (κ3) is 1.93. The molecule has 86 valence electrons. The molecule has 1 unspecified atom stereocenters. The highest BCUT2D eigenvalue weighted by Gasteiger charge is 2.34. The SMILES string of the molecule is CC(C)(C)C1Cc2c(B(O)O)ccnc2N1. The number of anilines is 1. The fourth-order valence-electron chi connectivity index (χ4n) is 2.03. The third-order valence-corrected chi connectivity index (χ3v) is 3.13. The number of aromatic nitrogens is 1. The van der Waals surface area contributed by atoms with Gasteiger partial charge in [0.15, 0.2) is 0 Å². The Bertz CT molecular complexity index is 401. The Morgan fingerprint density at radius 1 is 1.44 bits per heavy atom. The number of nitrogens with zero attached hydrogens (tertiary/aromatic N) is 1. The zero-order chi connectivity index (χ0) is 11.9. The van der Waals surface area contributed by atoms with Crippen molar-refractivity contribution in [2.45, 2.75) is 33.2 Å². The van der Waals surface area contributed by atoms with Crippen LogP contribution in [0.5, 0.6) is 0 Å². The van der Waals surface area contributed by atoms with Gasteiger partial charge < -0.3 is 15.4 Å². The monoisotopic (exact) mass is 220 g/mol. The molecular weight excluding hydrogens is 203 g/mol. The lowest BCUT2D eigenvalue weighted by Gasteiger charge is -2.27. The van der Waals surface area contributed by atoms with Crippen LogP contribution in [0, 0.1) is 5.41 Å². The molecule has 1 aliphatic heterocycles. The van der Waals surface area contributed by atoms with Crippen LogP contribution in [0.1, 0.15) is 26.3 Å². The largest absolute Gasteiger partial charge is 0.488 e. The molecule has 0 bridgehead atoms. The second-order valence-electron chi connectivity index (χ2n) is 5.37. The predicted octanol–water partition coefficient (Wildman–Crippen LogP) is 0.144. The number of hydrogen-bond acceptors (Lipinski definition) is 4. The summed E-state index contributed by atoms with van der Waals surface area (Å²) in [6.07, 6.45) is 2.39. The second kappa shape index (κ2) is 3.75. The smallest absolute Gasteiger partial charge is 0.423 e. The van der Waals surface area contributed by atoms with Crippen LogP contribution in [0.25, 0.3) is 0 Å². The molecule has 4 nitrogen and oxygen atoms in total. The summed E-state index contributed by atoms with van der Waals surface area (Å²) in [6.45, 7) is 6.47. The summed E-state index contributed by atoms with van der Waals surface area (Å²) in [5.41, 5.74) is 1.61. The van der Waals surface area contributed by atoms with Gasteiger partial charge in [0, 0.05) is 12.2 Å². The van der Waals surface area contributed by atoms with Crippen LogP contribution in [0.3, 0.4) is 0 Å². The molecule has 1 aliphatic rings. The zero-order valence-corrected chi connectivity index (χ0v) is 9.86. The Balaban J connectivity index is 2.34. The molecule has 5 heteroatoms. The molecule has 0 amide bonds. The van der Waals surface area contributed by atoms with Crippen molar-refractivity contribution in [1.82, 2.24) is 4.98 Å². The van der Waals surface area contributed by atoms with E-state index in [1.807, 2.05) is 0 Å². The minimum atomic E-state index is -1.42. The van der Waals surface area contributed by atoms with Crippen molar-refractivity contribution in [1.29, 1.82) is 0 Å². The average Bonchev–Trinajstić information content (AvgIpc) is 2.59. The lowest BCUT2D eigenvalue weighted by atomic mass is 9.75.